The maximum atomic E-state index is 15.9. The van der Waals surface area contributed by atoms with Gasteiger partial charge in [0.25, 0.3) is 0 Å². The summed E-state index contributed by atoms with van der Waals surface area (Å²) in [6.45, 7) is 12.3. The van der Waals surface area contributed by atoms with Gasteiger partial charge in [-0.25, -0.2) is 19.2 Å². The Morgan fingerprint density at radius 3 is 2.30 bits per heavy atom. The van der Waals surface area contributed by atoms with Crippen molar-refractivity contribution in [2.24, 2.45) is 11.8 Å². The number of anilines is 1. The van der Waals surface area contributed by atoms with E-state index in [0.29, 0.717) is 11.0 Å². The molecule has 1 aliphatic heterocycles. The zero-order chi connectivity index (χ0) is 33.4. The molecule has 0 radical (unpaired) electrons. The highest BCUT2D eigenvalue weighted by molar-refractivity contribution is 5.83. The van der Waals surface area contributed by atoms with Crippen LogP contribution in [0.15, 0.2) is 17.1 Å². The van der Waals surface area contributed by atoms with Gasteiger partial charge in [0.2, 0.25) is 6.23 Å². The molecule has 1 aliphatic rings. The summed E-state index contributed by atoms with van der Waals surface area (Å²) in [5, 5.41) is 4.56. The molecular formula is C28H42F2N4O10. The Bertz CT molecular complexity index is 1230. The minimum Gasteiger partial charge on any atom is -0.463 e. The standard InChI is InChI=1S/C28H42F2N4O10/c1-9-10-13-40-25(38)32-18-11-12-34(24(37)31-18)23-28(29,30)20(17(42-23)14-41-21(35)16(4)5)43-22(36)19(15(2)3)33-26(39)44-27(6,7)8/h11-12,15-17,19-20,23H,9-10,13-14H2,1-8H3,(H,33,39)(H,31,32,37,38)/t17-,19+,20-,23-/m1/s1. The second-order valence-electron chi connectivity index (χ2n) is 11.8. The van der Waals surface area contributed by atoms with Crippen LogP contribution in [-0.4, -0.2) is 76.7 Å². The van der Waals surface area contributed by atoms with Crippen molar-refractivity contribution >= 4 is 29.9 Å². The predicted molar refractivity (Wildman–Crippen MR) is 151 cm³/mol. The molecule has 2 heterocycles. The highest BCUT2D eigenvalue weighted by Gasteiger charge is 2.63. The molecule has 0 aromatic carbocycles. The molecule has 44 heavy (non-hydrogen) atoms. The number of nitrogens with zero attached hydrogens (tertiary/aromatic N) is 2. The monoisotopic (exact) mass is 632 g/mol. The van der Waals surface area contributed by atoms with Crippen molar-refractivity contribution in [3.8, 4) is 0 Å². The number of unbranched alkanes of at least 4 members (excludes halogenated alkanes) is 1. The number of nitrogens with one attached hydrogen (secondary N) is 2. The summed E-state index contributed by atoms with van der Waals surface area (Å²) in [5.41, 5.74) is -2.13. The zero-order valence-electron chi connectivity index (χ0n) is 26.2. The highest BCUT2D eigenvalue weighted by Crippen LogP contribution is 2.44. The Labute approximate surface area is 254 Å². The number of ether oxygens (including phenoxy) is 5. The molecule has 1 saturated heterocycles. The molecule has 0 saturated carbocycles. The Hall–Kier alpha value is -3.82. The van der Waals surface area contributed by atoms with Crippen molar-refractivity contribution in [3.63, 3.8) is 0 Å². The first-order chi connectivity index (χ1) is 20.4. The smallest absolute Gasteiger partial charge is 0.412 e. The third kappa shape index (κ3) is 10.1. The number of hydrogen-bond donors (Lipinski definition) is 2. The van der Waals surface area contributed by atoms with E-state index in [9.17, 15) is 24.0 Å². The number of carbonyl (C=O) groups is 4. The van der Waals surface area contributed by atoms with E-state index in [1.807, 2.05) is 6.92 Å². The summed E-state index contributed by atoms with van der Waals surface area (Å²) < 4.78 is 58.2. The van der Waals surface area contributed by atoms with E-state index >= 15 is 8.78 Å². The highest BCUT2D eigenvalue weighted by atomic mass is 19.3. The summed E-state index contributed by atoms with van der Waals surface area (Å²) >= 11 is 0. The number of rotatable bonds is 12. The first-order valence-corrected chi connectivity index (χ1v) is 14.3. The molecule has 2 amide bonds. The van der Waals surface area contributed by atoms with Crippen LogP contribution in [0.25, 0.3) is 0 Å². The van der Waals surface area contributed by atoms with Crippen molar-refractivity contribution in [3.05, 3.63) is 22.7 Å². The number of aromatic nitrogens is 2. The fourth-order valence-corrected chi connectivity index (χ4v) is 3.82. The van der Waals surface area contributed by atoms with Gasteiger partial charge < -0.3 is 29.0 Å². The minimum atomic E-state index is -4.06. The second-order valence-corrected chi connectivity index (χ2v) is 11.8. The quantitative estimate of drug-likeness (QED) is 0.195. The molecule has 1 fully saturated rings. The molecule has 0 aliphatic carbocycles. The van der Waals surface area contributed by atoms with Crippen LogP contribution in [0.5, 0.6) is 0 Å². The number of amides is 2. The average molecular weight is 633 g/mol. The number of halogens is 2. The molecule has 2 rings (SSSR count). The van der Waals surface area contributed by atoms with Crippen LogP contribution in [0.3, 0.4) is 0 Å². The molecule has 2 N–H and O–H groups in total. The van der Waals surface area contributed by atoms with Crippen molar-refractivity contribution in [1.29, 1.82) is 0 Å². The molecule has 248 valence electrons. The molecule has 4 atom stereocenters. The largest absolute Gasteiger partial charge is 0.463 e. The lowest BCUT2D eigenvalue weighted by Crippen LogP contribution is -2.51. The molecule has 0 bridgehead atoms. The van der Waals surface area contributed by atoms with Crippen LogP contribution in [0.4, 0.5) is 24.2 Å². The Morgan fingerprint density at radius 1 is 1.09 bits per heavy atom. The summed E-state index contributed by atoms with van der Waals surface area (Å²) in [6.07, 6.45) is -5.95. The average Bonchev–Trinajstić information content (AvgIpc) is 3.13. The van der Waals surface area contributed by atoms with Gasteiger partial charge in [-0.1, -0.05) is 41.0 Å². The molecular weight excluding hydrogens is 590 g/mol. The van der Waals surface area contributed by atoms with E-state index < -0.39 is 84.3 Å². The van der Waals surface area contributed by atoms with Gasteiger partial charge in [0.1, 0.15) is 30.2 Å². The fourth-order valence-electron chi connectivity index (χ4n) is 3.82. The summed E-state index contributed by atoms with van der Waals surface area (Å²) in [6, 6.07) is -0.320. The molecule has 1 aromatic rings. The SMILES string of the molecule is CCCCOC(=O)Nc1ccn([C@@H]2O[C@H](COC(=O)C(C)C)[C@@H](OC(=O)[C@@H](NC(=O)OC(C)(C)C)C(C)C)C2(F)F)c(=O)n1. The van der Waals surface area contributed by atoms with Gasteiger partial charge in [0, 0.05) is 6.20 Å². The molecule has 1 aromatic heterocycles. The van der Waals surface area contributed by atoms with Crippen LogP contribution >= 0.6 is 0 Å². The summed E-state index contributed by atoms with van der Waals surface area (Å²) in [5.74, 6) is -7.48. The van der Waals surface area contributed by atoms with Gasteiger partial charge in [-0.2, -0.15) is 13.8 Å². The van der Waals surface area contributed by atoms with Gasteiger partial charge in [-0.05, 0) is 39.2 Å². The van der Waals surface area contributed by atoms with E-state index in [-0.39, 0.29) is 12.4 Å². The van der Waals surface area contributed by atoms with Gasteiger partial charge in [-0.3, -0.25) is 14.7 Å². The number of hydrogen-bond acceptors (Lipinski definition) is 11. The Balaban J connectivity index is 2.34. The Kier molecular flexibility index (Phi) is 12.6. The van der Waals surface area contributed by atoms with Gasteiger partial charge in [-0.15, -0.1) is 0 Å². The van der Waals surface area contributed by atoms with Gasteiger partial charge in [0.05, 0.1) is 12.5 Å². The first-order valence-electron chi connectivity index (χ1n) is 14.3. The molecule has 0 spiro atoms. The van der Waals surface area contributed by atoms with Crippen LogP contribution in [0.1, 0.15) is 74.5 Å². The predicted octanol–water partition coefficient (Wildman–Crippen LogP) is 3.78. The van der Waals surface area contributed by atoms with E-state index in [1.165, 1.54) is 13.8 Å². The molecule has 16 heteroatoms. The number of carbonyl (C=O) groups excluding carboxylic acids is 4. The number of alkyl halides is 2. The van der Waals surface area contributed by atoms with Crippen LogP contribution in [-0.2, 0) is 33.3 Å². The minimum absolute atomic E-state index is 0.134. The van der Waals surface area contributed by atoms with Crippen molar-refractivity contribution in [1.82, 2.24) is 14.9 Å². The van der Waals surface area contributed by atoms with Crippen molar-refractivity contribution < 1.29 is 51.6 Å². The van der Waals surface area contributed by atoms with Crippen LogP contribution in [0, 0.1) is 11.8 Å². The second kappa shape index (κ2) is 15.3. The van der Waals surface area contributed by atoms with E-state index in [0.717, 1.165) is 18.7 Å². The summed E-state index contributed by atoms with van der Waals surface area (Å²) in [4.78, 5) is 65.8. The van der Waals surface area contributed by atoms with Crippen LogP contribution < -0.4 is 16.3 Å². The fraction of sp³-hybridized carbons (Fsp3) is 0.714. The van der Waals surface area contributed by atoms with Gasteiger partial charge >= 0.3 is 35.7 Å². The third-order valence-electron chi connectivity index (χ3n) is 6.09. The molecule has 14 nitrogen and oxygen atoms in total. The maximum absolute atomic E-state index is 15.9. The molecule has 0 unspecified atom stereocenters. The van der Waals surface area contributed by atoms with Crippen LogP contribution in [0.2, 0.25) is 0 Å². The topological polar surface area (TPSA) is 173 Å². The normalized spacial score (nSPS) is 20.1. The lowest BCUT2D eigenvalue weighted by molar-refractivity contribution is -0.180. The van der Waals surface area contributed by atoms with Crippen molar-refractivity contribution in [2.45, 2.75) is 104 Å². The number of alkyl carbamates (subject to hydrolysis) is 1. The maximum Gasteiger partial charge on any atom is 0.412 e. The lowest BCUT2D eigenvalue weighted by Gasteiger charge is -2.28. The lowest BCUT2D eigenvalue weighted by atomic mass is 10.0. The first kappa shape index (κ1) is 36.4. The third-order valence-corrected chi connectivity index (χ3v) is 6.09. The van der Waals surface area contributed by atoms with E-state index in [2.05, 4.69) is 15.6 Å². The number of esters is 2. The zero-order valence-corrected chi connectivity index (χ0v) is 26.2. The van der Waals surface area contributed by atoms with Crippen molar-refractivity contribution in [2.75, 3.05) is 18.5 Å². The van der Waals surface area contributed by atoms with E-state index in [1.54, 1.807) is 34.6 Å². The van der Waals surface area contributed by atoms with E-state index in [4.69, 9.17) is 23.7 Å². The van der Waals surface area contributed by atoms with Gasteiger partial charge in [0.15, 0.2) is 6.10 Å². The summed E-state index contributed by atoms with van der Waals surface area (Å²) in [7, 11) is 0. The Morgan fingerprint density at radius 2 is 1.75 bits per heavy atom.